The van der Waals surface area contributed by atoms with Crippen molar-refractivity contribution >= 4 is 59.0 Å². The van der Waals surface area contributed by atoms with Crippen LogP contribution in [0.25, 0.3) is 22.2 Å². The molecule has 1 aliphatic rings. The number of nitrogens with zero attached hydrogens (tertiary/aromatic N) is 1. The van der Waals surface area contributed by atoms with E-state index in [2.05, 4.69) is 21.4 Å². The first-order valence-corrected chi connectivity index (χ1v) is 10.6. The quantitative estimate of drug-likeness (QED) is 0.364. The van der Waals surface area contributed by atoms with Crippen molar-refractivity contribution in [3.63, 3.8) is 0 Å². The van der Waals surface area contributed by atoms with E-state index >= 15 is 0 Å². The molecule has 1 aromatic heterocycles. The Balaban J connectivity index is 0.00000150. The fourth-order valence-corrected chi connectivity index (χ4v) is 4.67. The molecule has 29 heavy (non-hydrogen) atoms. The highest BCUT2D eigenvalue weighted by atomic mass is 35.5. The maximum absolute atomic E-state index is 6.56. The van der Waals surface area contributed by atoms with Crippen molar-refractivity contribution in [2.75, 3.05) is 6.54 Å². The number of H-pyrrole nitrogens is 1. The number of hydrogen-bond donors (Lipinski definition) is 2. The third kappa shape index (κ3) is 6.02. The summed E-state index contributed by atoms with van der Waals surface area (Å²) in [5.74, 6) is 0.886. The second-order valence-electron chi connectivity index (χ2n) is 7.52. The molecule has 0 unspecified atom stereocenters. The Morgan fingerprint density at radius 2 is 1.69 bits per heavy atom. The fraction of sp³-hybridized carbons (Fsp3) is 0.409. The molecular weight excluding hydrogens is 448 g/mol. The summed E-state index contributed by atoms with van der Waals surface area (Å²) in [5, 5.41) is 4.96. The predicted octanol–water partition coefficient (Wildman–Crippen LogP) is 7.44. The number of fused-ring (bicyclic) bond motifs is 1. The van der Waals surface area contributed by atoms with Crippen LogP contribution in [-0.2, 0) is 6.54 Å². The van der Waals surface area contributed by atoms with Crippen molar-refractivity contribution in [1.29, 1.82) is 0 Å². The monoisotopic (exact) mass is 473 g/mol. The SMILES string of the molecule is Cl.Cl.Clc1cc(-c2ccc3nc[nH]c3c2)cc(Cl)c1CNCCC1CCCCC1. The van der Waals surface area contributed by atoms with Gasteiger partial charge >= 0.3 is 0 Å². The summed E-state index contributed by atoms with van der Waals surface area (Å²) in [6, 6.07) is 10.1. The molecule has 3 nitrogen and oxygen atoms in total. The average molecular weight is 475 g/mol. The standard InChI is InChI=1S/C22H25Cl2N3.2ClH/c23-19-10-17(16-6-7-21-22(12-16)27-14-26-21)11-20(24)18(19)13-25-9-8-15-4-2-1-3-5-15;;/h6-7,10-12,14-15,25H,1-5,8-9,13H2,(H,26,27);2*1H. The molecular formula is C22H27Cl4N3. The molecule has 0 aliphatic heterocycles. The smallest absolute Gasteiger partial charge is 0.0931 e. The number of aromatic nitrogens is 2. The molecule has 1 aliphatic carbocycles. The first-order valence-electron chi connectivity index (χ1n) is 9.83. The lowest BCUT2D eigenvalue weighted by Gasteiger charge is -2.21. The van der Waals surface area contributed by atoms with E-state index in [-0.39, 0.29) is 24.8 Å². The van der Waals surface area contributed by atoms with Gasteiger partial charge in [-0.25, -0.2) is 4.98 Å². The van der Waals surface area contributed by atoms with E-state index in [0.29, 0.717) is 16.6 Å². The summed E-state index contributed by atoms with van der Waals surface area (Å²) < 4.78 is 0. The van der Waals surface area contributed by atoms with Gasteiger partial charge in [-0.05, 0) is 54.3 Å². The van der Waals surface area contributed by atoms with Gasteiger partial charge in [0.15, 0.2) is 0 Å². The summed E-state index contributed by atoms with van der Waals surface area (Å²) in [6.07, 6.45) is 9.93. The van der Waals surface area contributed by atoms with Crippen molar-refractivity contribution < 1.29 is 0 Å². The lowest BCUT2D eigenvalue weighted by atomic mass is 9.87. The van der Waals surface area contributed by atoms with E-state index in [1.165, 1.54) is 38.5 Å². The molecule has 4 rings (SSSR count). The topological polar surface area (TPSA) is 40.7 Å². The molecule has 2 N–H and O–H groups in total. The van der Waals surface area contributed by atoms with Gasteiger partial charge in [-0.2, -0.15) is 0 Å². The zero-order valence-corrected chi connectivity index (χ0v) is 19.4. The lowest BCUT2D eigenvalue weighted by molar-refractivity contribution is 0.334. The largest absolute Gasteiger partial charge is 0.345 e. The van der Waals surface area contributed by atoms with E-state index in [4.69, 9.17) is 23.2 Å². The van der Waals surface area contributed by atoms with Gasteiger partial charge in [-0.3, -0.25) is 0 Å². The van der Waals surface area contributed by atoms with Crippen LogP contribution in [0.5, 0.6) is 0 Å². The minimum atomic E-state index is 0. The lowest BCUT2D eigenvalue weighted by Crippen LogP contribution is -2.19. The zero-order valence-electron chi connectivity index (χ0n) is 16.2. The van der Waals surface area contributed by atoms with Crippen molar-refractivity contribution in [2.45, 2.75) is 45.1 Å². The van der Waals surface area contributed by atoms with Gasteiger partial charge < -0.3 is 10.3 Å². The Morgan fingerprint density at radius 3 is 2.41 bits per heavy atom. The Labute approximate surface area is 194 Å². The van der Waals surface area contributed by atoms with Gasteiger partial charge in [0.2, 0.25) is 0 Å². The number of hydrogen-bond acceptors (Lipinski definition) is 2. The molecule has 0 atom stereocenters. The number of benzene rings is 2. The summed E-state index contributed by atoms with van der Waals surface area (Å²) in [7, 11) is 0. The number of rotatable bonds is 6. The van der Waals surface area contributed by atoms with Crippen LogP contribution in [0.15, 0.2) is 36.7 Å². The molecule has 3 aromatic rings. The van der Waals surface area contributed by atoms with Crippen LogP contribution >= 0.6 is 48.0 Å². The summed E-state index contributed by atoms with van der Waals surface area (Å²) in [5.41, 5.74) is 5.04. The minimum absolute atomic E-state index is 0. The highest BCUT2D eigenvalue weighted by Gasteiger charge is 2.14. The van der Waals surface area contributed by atoms with Crippen LogP contribution in [-0.4, -0.2) is 16.5 Å². The number of halogens is 4. The van der Waals surface area contributed by atoms with E-state index in [0.717, 1.165) is 40.2 Å². The van der Waals surface area contributed by atoms with Crippen molar-refractivity contribution in [2.24, 2.45) is 5.92 Å². The molecule has 0 spiro atoms. The van der Waals surface area contributed by atoms with Crippen LogP contribution in [0.2, 0.25) is 10.0 Å². The number of aromatic amines is 1. The van der Waals surface area contributed by atoms with Gasteiger partial charge in [0.1, 0.15) is 0 Å². The molecule has 158 valence electrons. The van der Waals surface area contributed by atoms with Gasteiger partial charge in [-0.1, -0.05) is 61.4 Å². The molecule has 0 radical (unpaired) electrons. The third-order valence-electron chi connectivity index (χ3n) is 5.65. The molecule has 0 amide bonds. The Hall–Kier alpha value is -0.970. The first-order chi connectivity index (χ1) is 13.2. The van der Waals surface area contributed by atoms with E-state index < -0.39 is 0 Å². The van der Waals surface area contributed by atoms with Gasteiger partial charge in [0.25, 0.3) is 0 Å². The minimum Gasteiger partial charge on any atom is -0.345 e. The highest BCUT2D eigenvalue weighted by molar-refractivity contribution is 6.36. The van der Waals surface area contributed by atoms with Gasteiger partial charge in [0, 0.05) is 22.2 Å². The maximum Gasteiger partial charge on any atom is 0.0931 e. The maximum atomic E-state index is 6.56. The van der Waals surface area contributed by atoms with E-state index in [1.54, 1.807) is 6.33 Å². The van der Waals surface area contributed by atoms with Crippen LogP contribution in [0.1, 0.15) is 44.1 Å². The van der Waals surface area contributed by atoms with Crippen LogP contribution < -0.4 is 5.32 Å². The average Bonchev–Trinajstić information content (AvgIpc) is 3.15. The third-order valence-corrected chi connectivity index (χ3v) is 6.32. The Bertz CT molecular complexity index is 896. The fourth-order valence-electron chi connectivity index (χ4n) is 4.05. The zero-order chi connectivity index (χ0) is 18.6. The molecule has 0 saturated heterocycles. The molecule has 7 heteroatoms. The number of nitrogens with one attached hydrogen (secondary N) is 2. The Kier molecular flexibility index (Phi) is 9.58. The predicted molar refractivity (Wildman–Crippen MR) is 129 cm³/mol. The second-order valence-corrected chi connectivity index (χ2v) is 8.34. The Morgan fingerprint density at radius 1 is 0.966 bits per heavy atom. The summed E-state index contributed by atoms with van der Waals surface area (Å²) in [6.45, 7) is 1.74. The normalized spacial score (nSPS) is 14.4. The second kappa shape index (κ2) is 11.4. The van der Waals surface area contributed by atoms with E-state index in [1.807, 2.05) is 24.3 Å². The van der Waals surface area contributed by atoms with Crippen LogP contribution in [0.4, 0.5) is 0 Å². The summed E-state index contributed by atoms with van der Waals surface area (Å²) in [4.78, 5) is 7.41. The highest BCUT2D eigenvalue weighted by Crippen LogP contribution is 2.33. The molecule has 1 heterocycles. The van der Waals surface area contributed by atoms with Crippen molar-refractivity contribution in [1.82, 2.24) is 15.3 Å². The molecule has 1 saturated carbocycles. The molecule has 1 fully saturated rings. The first kappa shape index (κ1) is 24.3. The van der Waals surface area contributed by atoms with Crippen LogP contribution in [0.3, 0.4) is 0 Å². The molecule has 0 bridgehead atoms. The van der Waals surface area contributed by atoms with Crippen molar-refractivity contribution in [3.05, 3.63) is 52.3 Å². The van der Waals surface area contributed by atoms with Gasteiger partial charge in [0.05, 0.1) is 17.4 Å². The summed E-state index contributed by atoms with van der Waals surface area (Å²) >= 11 is 13.1. The number of imidazole rings is 1. The van der Waals surface area contributed by atoms with Crippen molar-refractivity contribution in [3.8, 4) is 11.1 Å². The molecule has 2 aromatic carbocycles. The van der Waals surface area contributed by atoms with Crippen LogP contribution in [0, 0.1) is 5.92 Å². The van der Waals surface area contributed by atoms with E-state index in [9.17, 15) is 0 Å². The van der Waals surface area contributed by atoms with Gasteiger partial charge in [-0.15, -0.1) is 24.8 Å².